The molecule has 0 spiro atoms. The van der Waals surface area contributed by atoms with Gasteiger partial charge in [0.15, 0.2) is 0 Å². The summed E-state index contributed by atoms with van der Waals surface area (Å²) in [4.78, 5) is 8.55. The van der Waals surface area contributed by atoms with Gasteiger partial charge in [-0.15, -0.1) is 0 Å². The summed E-state index contributed by atoms with van der Waals surface area (Å²) in [6.45, 7) is 4.34. The summed E-state index contributed by atoms with van der Waals surface area (Å²) in [5.74, 6) is 1.26. The van der Waals surface area contributed by atoms with E-state index in [0.29, 0.717) is 23.7 Å². The highest BCUT2D eigenvalue weighted by atomic mass is 31.2. The van der Waals surface area contributed by atoms with Crippen LogP contribution in [0.3, 0.4) is 0 Å². The minimum atomic E-state index is -3.65. The largest absolute Gasteiger partial charge is 0.497 e. The smallest absolute Gasteiger partial charge is 0.385 e. The first kappa shape index (κ1) is 21.0. The average Bonchev–Trinajstić information content (AvgIpc) is 3.18. The minimum Gasteiger partial charge on any atom is -0.497 e. The Hall–Kier alpha value is -2.67. The second kappa shape index (κ2) is 9.69. The van der Waals surface area contributed by atoms with Crippen LogP contribution >= 0.6 is 7.60 Å². The number of benzene rings is 1. The SMILES string of the molecule is CCOP(=O)(OCC)c1nc(-c2ccc(OC)cc2)oc1NCc1cccnc1. The van der Waals surface area contributed by atoms with Crippen LogP contribution in [0.4, 0.5) is 5.88 Å². The van der Waals surface area contributed by atoms with Crippen molar-refractivity contribution < 1.29 is 22.8 Å². The van der Waals surface area contributed by atoms with Crippen molar-refractivity contribution in [1.29, 1.82) is 0 Å². The predicted molar refractivity (Wildman–Crippen MR) is 111 cm³/mol. The third kappa shape index (κ3) is 5.03. The van der Waals surface area contributed by atoms with Crippen LogP contribution in [0.1, 0.15) is 19.4 Å². The fourth-order valence-corrected chi connectivity index (χ4v) is 4.24. The Kier molecular flexibility index (Phi) is 7.04. The van der Waals surface area contributed by atoms with Gasteiger partial charge < -0.3 is 23.5 Å². The maximum atomic E-state index is 13.4. The van der Waals surface area contributed by atoms with Gasteiger partial charge in [-0.2, -0.15) is 4.98 Å². The number of rotatable bonds is 10. The molecule has 0 unspecified atom stereocenters. The summed E-state index contributed by atoms with van der Waals surface area (Å²) < 4.78 is 35.4. The number of nitrogens with zero attached hydrogens (tertiary/aromatic N) is 2. The summed E-state index contributed by atoms with van der Waals surface area (Å²) in [7, 11) is -2.06. The van der Waals surface area contributed by atoms with Crippen molar-refractivity contribution >= 4 is 18.9 Å². The molecule has 0 atom stereocenters. The number of anilines is 1. The molecule has 1 aromatic carbocycles. The number of oxazole rings is 1. The first-order valence-electron chi connectivity index (χ1n) is 9.27. The van der Waals surface area contributed by atoms with Gasteiger partial charge in [-0.3, -0.25) is 9.55 Å². The Morgan fingerprint density at radius 1 is 1.10 bits per heavy atom. The molecule has 0 aliphatic rings. The van der Waals surface area contributed by atoms with Crippen LogP contribution < -0.4 is 15.5 Å². The van der Waals surface area contributed by atoms with Gasteiger partial charge in [0.05, 0.1) is 20.3 Å². The van der Waals surface area contributed by atoms with E-state index in [4.69, 9.17) is 18.2 Å². The van der Waals surface area contributed by atoms with Gasteiger partial charge in [0.1, 0.15) is 5.75 Å². The van der Waals surface area contributed by atoms with E-state index in [1.807, 2.05) is 24.3 Å². The molecule has 0 bridgehead atoms. The molecule has 0 aliphatic heterocycles. The zero-order valence-electron chi connectivity index (χ0n) is 16.6. The molecule has 29 heavy (non-hydrogen) atoms. The molecule has 3 aromatic rings. The van der Waals surface area contributed by atoms with E-state index in [2.05, 4.69) is 15.3 Å². The first-order chi connectivity index (χ1) is 14.1. The molecule has 9 heteroatoms. The fraction of sp³-hybridized carbons (Fsp3) is 0.300. The lowest BCUT2D eigenvalue weighted by Crippen LogP contribution is -2.16. The van der Waals surface area contributed by atoms with Crippen LogP contribution in [-0.4, -0.2) is 30.3 Å². The minimum absolute atomic E-state index is 0.121. The normalized spacial score (nSPS) is 11.4. The van der Waals surface area contributed by atoms with Gasteiger partial charge in [-0.1, -0.05) is 6.07 Å². The standard InChI is InChI=1S/C20H24N3O5P/c1-4-26-29(24,27-5-2)20-19(22-14-15-7-6-12-21-13-15)28-18(23-20)16-8-10-17(25-3)11-9-16/h6-13,22H,4-5,14H2,1-3H3. The number of nitrogens with one attached hydrogen (secondary N) is 1. The molecule has 0 saturated heterocycles. The molecule has 0 radical (unpaired) electrons. The van der Waals surface area contributed by atoms with Crippen molar-refractivity contribution in [3.05, 3.63) is 54.4 Å². The van der Waals surface area contributed by atoms with E-state index in [0.717, 1.165) is 5.56 Å². The quantitative estimate of drug-likeness (QED) is 0.489. The Balaban J connectivity index is 1.98. The van der Waals surface area contributed by atoms with Crippen LogP contribution in [0.25, 0.3) is 11.5 Å². The van der Waals surface area contributed by atoms with Crippen LogP contribution in [0.5, 0.6) is 5.75 Å². The molecule has 1 N–H and O–H groups in total. The second-order valence-corrected chi connectivity index (χ2v) is 7.88. The zero-order valence-corrected chi connectivity index (χ0v) is 17.5. The zero-order chi connectivity index (χ0) is 20.7. The summed E-state index contributed by atoms with van der Waals surface area (Å²) >= 11 is 0. The van der Waals surface area contributed by atoms with E-state index in [1.165, 1.54) is 0 Å². The number of ether oxygens (including phenoxy) is 1. The number of aromatic nitrogens is 2. The Morgan fingerprint density at radius 3 is 2.41 bits per heavy atom. The van der Waals surface area contributed by atoms with E-state index in [1.54, 1.807) is 45.5 Å². The number of pyridine rings is 1. The van der Waals surface area contributed by atoms with Crippen LogP contribution in [0, 0.1) is 0 Å². The van der Waals surface area contributed by atoms with E-state index in [9.17, 15) is 4.57 Å². The maximum absolute atomic E-state index is 13.4. The van der Waals surface area contributed by atoms with Crippen molar-refractivity contribution in [2.75, 3.05) is 25.6 Å². The third-order valence-electron chi connectivity index (χ3n) is 3.98. The molecule has 0 aliphatic carbocycles. The first-order valence-corrected chi connectivity index (χ1v) is 10.8. The summed E-state index contributed by atoms with van der Waals surface area (Å²) in [6, 6.07) is 11.0. The van der Waals surface area contributed by atoms with E-state index in [-0.39, 0.29) is 24.5 Å². The van der Waals surface area contributed by atoms with Crippen molar-refractivity contribution in [3.63, 3.8) is 0 Å². The average molecular weight is 417 g/mol. The lowest BCUT2D eigenvalue weighted by Gasteiger charge is -2.15. The number of hydrogen-bond donors (Lipinski definition) is 1. The molecule has 0 amide bonds. The lowest BCUT2D eigenvalue weighted by atomic mass is 10.2. The summed E-state index contributed by atoms with van der Waals surface area (Å²) in [6.07, 6.45) is 3.43. The van der Waals surface area contributed by atoms with E-state index >= 15 is 0 Å². The highest BCUT2D eigenvalue weighted by Crippen LogP contribution is 2.49. The number of methoxy groups -OCH3 is 1. The Morgan fingerprint density at radius 2 is 1.83 bits per heavy atom. The maximum Gasteiger partial charge on any atom is 0.385 e. The molecule has 2 aromatic heterocycles. The van der Waals surface area contributed by atoms with Gasteiger partial charge in [0.25, 0.3) is 0 Å². The van der Waals surface area contributed by atoms with E-state index < -0.39 is 7.60 Å². The van der Waals surface area contributed by atoms with Crippen molar-refractivity contribution in [2.24, 2.45) is 0 Å². The molecule has 8 nitrogen and oxygen atoms in total. The van der Waals surface area contributed by atoms with Gasteiger partial charge in [0, 0.05) is 24.5 Å². The van der Waals surface area contributed by atoms with Crippen LogP contribution in [0.15, 0.2) is 53.2 Å². The number of hydrogen-bond acceptors (Lipinski definition) is 8. The van der Waals surface area contributed by atoms with Gasteiger partial charge in [-0.05, 0) is 49.7 Å². The van der Waals surface area contributed by atoms with Gasteiger partial charge >= 0.3 is 7.60 Å². The highest BCUT2D eigenvalue weighted by Gasteiger charge is 2.35. The Bertz CT molecular complexity index is 950. The summed E-state index contributed by atoms with van der Waals surface area (Å²) in [5, 5.41) is 3.14. The predicted octanol–water partition coefficient (Wildman–Crippen LogP) is 4.25. The van der Waals surface area contributed by atoms with Crippen LogP contribution in [-0.2, 0) is 20.2 Å². The Labute approximate surface area is 169 Å². The summed E-state index contributed by atoms with van der Waals surface area (Å²) in [5.41, 5.74) is 1.76. The van der Waals surface area contributed by atoms with Gasteiger partial charge in [0.2, 0.25) is 17.2 Å². The highest BCUT2D eigenvalue weighted by molar-refractivity contribution is 7.62. The molecule has 3 rings (SSSR count). The van der Waals surface area contributed by atoms with Gasteiger partial charge in [-0.25, -0.2) is 0 Å². The lowest BCUT2D eigenvalue weighted by molar-refractivity contribution is 0.229. The second-order valence-electron chi connectivity index (χ2n) is 5.95. The third-order valence-corrected chi connectivity index (χ3v) is 6.00. The molecule has 2 heterocycles. The molecular weight excluding hydrogens is 393 g/mol. The van der Waals surface area contributed by atoms with Crippen molar-refractivity contribution in [3.8, 4) is 17.2 Å². The fourth-order valence-electron chi connectivity index (χ4n) is 2.65. The van der Waals surface area contributed by atoms with Crippen LogP contribution in [0.2, 0.25) is 0 Å². The molecule has 0 saturated carbocycles. The molecule has 0 fully saturated rings. The molecular formula is C20H24N3O5P. The monoisotopic (exact) mass is 417 g/mol. The molecule has 154 valence electrons. The van der Waals surface area contributed by atoms with Crippen molar-refractivity contribution in [1.82, 2.24) is 9.97 Å². The topological polar surface area (TPSA) is 95.7 Å². The van der Waals surface area contributed by atoms with Crippen molar-refractivity contribution in [2.45, 2.75) is 20.4 Å².